The minimum Gasteiger partial charge on any atom is -0.390 e. The summed E-state index contributed by atoms with van der Waals surface area (Å²) < 4.78 is 0.609. The van der Waals surface area contributed by atoms with Gasteiger partial charge in [-0.25, -0.2) is 4.98 Å². The Bertz CT molecular complexity index is 660. The number of benzene rings is 1. The van der Waals surface area contributed by atoms with Gasteiger partial charge in [0.15, 0.2) is 0 Å². The highest BCUT2D eigenvalue weighted by Crippen LogP contribution is 2.31. The van der Waals surface area contributed by atoms with Crippen molar-refractivity contribution in [2.45, 2.75) is 18.6 Å². The molecule has 0 unspecified atom stereocenters. The molecule has 2 aromatic rings. The van der Waals surface area contributed by atoms with Crippen LogP contribution in [0.15, 0.2) is 47.1 Å². The lowest BCUT2D eigenvalue weighted by atomic mass is 10.1. The van der Waals surface area contributed by atoms with Gasteiger partial charge in [0.1, 0.15) is 10.3 Å². The van der Waals surface area contributed by atoms with Gasteiger partial charge in [0.25, 0.3) is 5.91 Å². The Morgan fingerprint density at radius 3 is 2.85 bits per heavy atom. The molecule has 4 nitrogen and oxygen atoms in total. The summed E-state index contributed by atoms with van der Waals surface area (Å²) in [6.07, 6.45) is -0.0314. The summed E-state index contributed by atoms with van der Waals surface area (Å²) in [5.74, 6) is -0.285. The summed E-state index contributed by atoms with van der Waals surface area (Å²) in [5.41, 5.74) is 2.38. The van der Waals surface area contributed by atoms with Crippen LogP contribution in [0.3, 0.4) is 0 Å². The molecule has 0 saturated heterocycles. The fourth-order valence-electron chi connectivity index (χ4n) is 2.50. The maximum absolute atomic E-state index is 12.2. The van der Waals surface area contributed by atoms with Gasteiger partial charge in [-0.05, 0) is 39.2 Å². The van der Waals surface area contributed by atoms with Crippen LogP contribution in [-0.2, 0) is 6.42 Å². The lowest BCUT2D eigenvalue weighted by Crippen LogP contribution is -2.34. The summed E-state index contributed by atoms with van der Waals surface area (Å²) in [7, 11) is 0. The quantitative estimate of drug-likeness (QED) is 0.829. The van der Waals surface area contributed by atoms with Crippen molar-refractivity contribution in [3.8, 4) is 0 Å². The van der Waals surface area contributed by atoms with Crippen LogP contribution >= 0.6 is 15.9 Å². The first-order valence-electron chi connectivity index (χ1n) is 6.34. The van der Waals surface area contributed by atoms with E-state index in [1.165, 1.54) is 0 Å². The average Bonchev–Trinajstić information content (AvgIpc) is 2.75. The standard InChI is InChI=1S/C15H13BrN2O2/c16-13-7-3-6-11(17-13)15(20)18-14-10-5-2-1-4-9(10)8-12(14)19/h1-7,12,14,19H,8H2,(H,18,20)/t12-,14+/m1/s1. The number of nitrogens with one attached hydrogen (secondary N) is 1. The molecule has 1 amide bonds. The minimum atomic E-state index is -0.594. The van der Waals surface area contributed by atoms with Crippen LogP contribution in [0.5, 0.6) is 0 Å². The molecule has 0 fully saturated rings. The number of pyridine rings is 1. The normalized spacial score (nSPS) is 20.5. The van der Waals surface area contributed by atoms with Gasteiger partial charge in [0.2, 0.25) is 0 Å². The average molecular weight is 333 g/mol. The fourth-order valence-corrected chi connectivity index (χ4v) is 2.84. The Hall–Kier alpha value is -1.72. The number of aliphatic hydroxyl groups is 1. The number of aromatic nitrogens is 1. The molecule has 1 aromatic heterocycles. The highest BCUT2D eigenvalue weighted by atomic mass is 79.9. The van der Waals surface area contributed by atoms with Gasteiger partial charge in [-0.15, -0.1) is 0 Å². The van der Waals surface area contributed by atoms with Crippen LogP contribution in [0.25, 0.3) is 0 Å². The van der Waals surface area contributed by atoms with Gasteiger partial charge < -0.3 is 10.4 Å². The van der Waals surface area contributed by atoms with E-state index in [2.05, 4.69) is 26.2 Å². The highest BCUT2D eigenvalue weighted by molar-refractivity contribution is 9.10. The molecule has 20 heavy (non-hydrogen) atoms. The molecule has 2 N–H and O–H groups in total. The molecule has 1 aliphatic carbocycles. The maximum Gasteiger partial charge on any atom is 0.270 e. The lowest BCUT2D eigenvalue weighted by Gasteiger charge is -2.17. The third-order valence-corrected chi connectivity index (χ3v) is 3.88. The second-order valence-electron chi connectivity index (χ2n) is 4.77. The Labute approximate surface area is 125 Å². The summed E-state index contributed by atoms with van der Waals surface area (Å²) in [4.78, 5) is 16.3. The first-order valence-corrected chi connectivity index (χ1v) is 7.14. The van der Waals surface area contributed by atoms with Gasteiger partial charge in [-0.2, -0.15) is 0 Å². The number of aliphatic hydroxyl groups excluding tert-OH is 1. The molecule has 1 aliphatic rings. The summed E-state index contributed by atoms with van der Waals surface area (Å²) in [6.45, 7) is 0. The zero-order chi connectivity index (χ0) is 14.1. The molecule has 1 heterocycles. The largest absolute Gasteiger partial charge is 0.390 e. The molecule has 3 rings (SSSR count). The van der Waals surface area contributed by atoms with E-state index in [0.29, 0.717) is 16.7 Å². The zero-order valence-corrected chi connectivity index (χ0v) is 12.2. The zero-order valence-electron chi connectivity index (χ0n) is 10.6. The number of rotatable bonds is 2. The predicted octanol–water partition coefficient (Wildman–Crippen LogP) is 2.23. The van der Waals surface area contributed by atoms with Crippen molar-refractivity contribution in [3.63, 3.8) is 0 Å². The van der Waals surface area contributed by atoms with Crippen LogP contribution in [0.4, 0.5) is 0 Å². The maximum atomic E-state index is 12.2. The van der Waals surface area contributed by atoms with Crippen molar-refractivity contribution in [1.29, 1.82) is 0 Å². The Morgan fingerprint density at radius 2 is 2.05 bits per heavy atom. The molecule has 0 radical (unpaired) electrons. The summed E-state index contributed by atoms with van der Waals surface area (Å²) in [5, 5.41) is 13.0. The third-order valence-electron chi connectivity index (χ3n) is 3.44. The van der Waals surface area contributed by atoms with E-state index in [-0.39, 0.29) is 11.9 Å². The minimum absolute atomic E-state index is 0.285. The molecule has 1 aromatic carbocycles. The molecule has 0 aliphatic heterocycles. The van der Waals surface area contributed by atoms with Crippen LogP contribution in [0.2, 0.25) is 0 Å². The second-order valence-corrected chi connectivity index (χ2v) is 5.58. The first kappa shape index (κ1) is 13.3. The van der Waals surface area contributed by atoms with E-state index < -0.39 is 6.10 Å². The van der Waals surface area contributed by atoms with Crippen molar-refractivity contribution < 1.29 is 9.90 Å². The van der Waals surface area contributed by atoms with Crippen molar-refractivity contribution in [3.05, 3.63) is 63.9 Å². The SMILES string of the molecule is O=C(N[C@H]1c2ccccc2C[C@H]1O)c1cccc(Br)n1. The van der Waals surface area contributed by atoms with Crippen LogP contribution in [0, 0.1) is 0 Å². The lowest BCUT2D eigenvalue weighted by molar-refractivity contribution is 0.0853. The van der Waals surface area contributed by atoms with Crippen LogP contribution in [-0.4, -0.2) is 22.1 Å². The van der Waals surface area contributed by atoms with E-state index in [4.69, 9.17) is 0 Å². The van der Waals surface area contributed by atoms with Gasteiger partial charge in [0.05, 0.1) is 12.1 Å². The number of carbonyl (C=O) groups is 1. The van der Waals surface area contributed by atoms with Crippen molar-refractivity contribution in [2.75, 3.05) is 0 Å². The van der Waals surface area contributed by atoms with Crippen LogP contribution in [0.1, 0.15) is 27.7 Å². The van der Waals surface area contributed by atoms with E-state index in [9.17, 15) is 9.90 Å². The van der Waals surface area contributed by atoms with Gasteiger partial charge in [-0.3, -0.25) is 4.79 Å². The van der Waals surface area contributed by atoms with Gasteiger partial charge in [-0.1, -0.05) is 30.3 Å². The fraction of sp³-hybridized carbons (Fsp3) is 0.200. The number of fused-ring (bicyclic) bond motifs is 1. The molecular formula is C15H13BrN2O2. The van der Waals surface area contributed by atoms with Crippen LogP contribution < -0.4 is 5.32 Å². The molecule has 102 valence electrons. The molecule has 2 atom stereocenters. The topological polar surface area (TPSA) is 62.2 Å². The van der Waals surface area contributed by atoms with E-state index in [1.54, 1.807) is 18.2 Å². The Kier molecular flexibility index (Phi) is 3.54. The number of halogens is 1. The first-order chi connectivity index (χ1) is 9.65. The third kappa shape index (κ3) is 2.46. The second kappa shape index (κ2) is 5.34. The smallest absolute Gasteiger partial charge is 0.270 e. The van der Waals surface area contributed by atoms with Crippen molar-refractivity contribution in [1.82, 2.24) is 10.3 Å². The summed E-state index contributed by atoms with van der Waals surface area (Å²) in [6, 6.07) is 12.5. The van der Waals surface area contributed by atoms with Crippen molar-refractivity contribution >= 4 is 21.8 Å². The molecular weight excluding hydrogens is 320 g/mol. The predicted molar refractivity (Wildman–Crippen MR) is 78.3 cm³/mol. The van der Waals surface area contributed by atoms with E-state index >= 15 is 0 Å². The summed E-state index contributed by atoms with van der Waals surface area (Å²) >= 11 is 3.24. The Balaban J connectivity index is 1.83. The molecule has 0 spiro atoms. The number of amides is 1. The number of hydrogen-bond donors (Lipinski definition) is 2. The van der Waals surface area contributed by atoms with E-state index in [0.717, 1.165) is 11.1 Å². The number of carbonyl (C=O) groups excluding carboxylic acids is 1. The van der Waals surface area contributed by atoms with Crippen molar-refractivity contribution in [2.24, 2.45) is 0 Å². The highest BCUT2D eigenvalue weighted by Gasteiger charge is 2.32. The number of nitrogens with zero attached hydrogens (tertiary/aromatic N) is 1. The molecule has 0 saturated carbocycles. The molecule has 5 heteroatoms. The monoisotopic (exact) mass is 332 g/mol. The Morgan fingerprint density at radius 1 is 1.25 bits per heavy atom. The van der Waals surface area contributed by atoms with Gasteiger partial charge >= 0.3 is 0 Å². The molecule has 0 bridgehead atoms. The van der Waals surface area contributed by atoms with E-state index in [1.807, 2.05) is 24.3 Å². The van der Waals surface area contributed by atoms with Gasteiger partial charge in [0, 0.05) is 6.42 Å². The number of hydrogen-bond acceptors (Lipinski definition) is 3.